The molecule has 0 aromatic heterocycles. The van der Waals surface area contributed by atoms with Gasteiger partial charge in [0.15, 0.2) is 6.61 Å². The van der Waals surface area contributed by atoms with Crippen LogP contribution in [0.5, 0.6) is 11.5 Å². The van der Waals surface area contributed by atoms with E-state index >= 15 is 0 Å². The van der Waals surface area contributed by atoms with Gasteiger partial charge in [-0.15, -0.1) is 0 Å². The minimum Gasteiger partial charge on any atom is -0.457 e. The minimum absolute atomic E-state index is 0.0396. The van der Waals surface area contributed by atoms with E-state index in [4.69, 9.17) is 21.1 Å². The molecule has 1 aliphatic rings. The number of benzene rings is 3. The molecule has 0 spiro atoms. The summed E-state index contributed by atoms with van der Waals surface area (Å²) in [5.41, 5.74) is 6.43. The number of hydrogen-bond donors (Lipinski definition) is 2. The van der Waals surface area contributed by atoms with E-state index in [-0.39, 0.29) is 34.9 Å². The Kier molecular flexibility index (Phi) is 8.74. The van der Waals surface area contributed by atoms with Crippen LogP contribution in [0.4, 0.5) is 5.69 Å². The van der Waals surface area contributed by atoms with Gasteiger partial charge in [0.2, 0.25) is 5.91 Å². The Labute approximate surface area is 237 Å². The third kappa shape index (κ3) is 7.18. The molecule has 10 heteroatoms. The van der Waals surface area contributed by atoms with Gasteiger partial charge < -0.3 is 14.4 Å². The number of carbonyl (C=O) groups is 4. The molecular weight excluding hydrogens is 534 g/mol. The van der Waals surface area contributed by atoms with Gasteiger partial charge >= 0.3 is 5.97 Å². The van der Waals surface area contributed by atoms with Crippen molar-refractivity contribution in [2.75, 3.05) is 18.1 Å². The number of rotatable bonds is 7. The second-order valence-electron chi connectivity index (χ2n) is 10.4. The summed E-state index contributed by atoms with van der Waals surface area (Å²) in [5, 5.41) is 0.226. The monoisotopic (exact) mass is 563 g/mol. The van der Waals surface area contributed by atoms with Crippen LogP contribution in [-0.2, 0) is 24.5 Å². The van der Waals surface area contributed by atoms with Gasteiger partial charge in [0.05, 0.1) is 16.5 Å². The third-order valence-corrected chi connectivity index (χ3v) is 6.67. The quantitative estimate of drug-likeness (QED) is 0.316. The van der Waals surface area contributed by atoms with E-state index < -0.39 is 30.3 Å². The lowest BCUT2D eigenvalue weighted by Crippen LogP contribution is -2.44. The third-order valence-electron chi connectivity index (χ3n) is 6.34. The van der Waals surface area contributed by atoms with Gasteiger partial charge in [0.25, 0.3) is 11.8 Å². The molecule has 3 aromatic rings. The number of nitrogens with one attached hydrogen (secondary N) is 2. The van der Waals surface area contributed by atoms with E-state index in [1.54, 1.807) is 42.5 Å². The molecule has 0 bridgehead atoms. The first-order chi connectivity index (χ1) is 19.0. The number of hydrogen-bond acceptors (Lipinski definition) is 6. The fraction of sp³-hybridized carbons (Fsp3) is 0.267. The fourth-order valence-electron chi connectivity index (χ4n) is 4.10. The van der Waals surface area contributed by atoms with Crippen LogP contribution in [0.1, 0.15) is 43.1 Å². The van der Waals surface area contributed by atoms with Crippen LogP contribution in [0.2, 0.25) is 5.02 Å². The van der Waals surface area contributed by atoms with Crippen LogP contribution < -0.4 is 20.5 Å². The molecule has 0 saturated carbocycles. The van der Waals surface area contributed by atoms with Crippen LogP contribution in [0.15, 0.2) is 72.8 Å². The molecule has 9 nitrogen and oxygen atoms in total. The van der Waals surface area contributed by atoms with Crippen molar-refractivity contribution in [3.8, 4) is 11.5 Å². The highest BCUT2D eigenvalue weighted by atomic mass is 35.5. The molecule has 3 aromatic carbocycles. The fourth-order valence-corrected chi connectivity index (χ4v) is 4.32. The molecule has 4 rings (SSSR count). The smallest absolute Gasteiger partial charge is 0.311 e. The topological polar surface area (TPSA) is 114 Å². The summed E-state index contributed by atoms with van der Waals surface area (Å²) < 4.78 is 11.0. The Morgan fingerprint density at radius 3 is 2.17 bits per heavy atom. The van der Waals surface area contributed by atoms with Crippen molar-refractivity contribution in [3.05, 3.63) is 88.9 Å². The van der Waals surface area contributed by atoms with Crippen molar-refractivity contribution < 1.29 is 28.7 Å². The van der Waals surface area contributed by atoms with E-state index in [1.165, 1.54) is 16.5 Å². The SMILES string of the molecule is CC(C)(C)c1ccc(Oc2ccc(N3C[C@H](C(=O)OCC(=O)NNC(=O)c4ccccc4Cl)CC3=O)cc2)cc1. The van der Waals surface area contributed by atoms with Crippen LogP contribution in [0, 0.1) is 5.92 Å². The Morgan fingerprint density at radius 1 is 0.925 bits per heavy atom. The second kappa shape index (κ2) is 12.2. The first-order valence-corrected chi connectivity index (χ1v) is 13.1. The standard InChI is InChI=1S/C30H30ClN3O6/c1-30(2,3)20-8-12-22(13-9-20)40-23-14-10-21(11-15-23)34-17-19(16-27(34)36)29(38)39-18-26(35)32-33-28(37)24-6-4-5-7-25(24)31/h4-15,19H,16-18H2,1-3H3,(H,32,35)(H,33,37)/t19-/m1/s1. The number of hydrazine groups is 1. The van der Waals surface area contributed by atoms with E-state index in [0.29, 0.717) is 17.2 Å². The summed E-state index contributed by atoms with van der Waals surface area (Å²) in [6, 6.07) is 21.3. The zero-order chi connectivity index (χ0) is 28.9. The van der Waals surface area contributed by atoms with Crippen molar-refractivity contribution in [1.82, 2.24) is 10.9 Å². The summed E-state index contributed by atoms with van der Waals surface area (Å²) >= 11 is 5.95. The maximum Gasteiger partial charge on any atom is 0.311 e. The molecule has 0 unspecified atom stereocenters. The van der Waals surface area contributed by atoms with Crippen LogP contribution in [-0.4, -0.2) is 36.8 Å². The Bertz CT molecular complexity index is 1400. The average Bonchev–Trinajstić information content (AvgIpc) is 3.32. The van der Waals surface area contributed by atoms with Gasteiger partial charge in [0.1, 0.15) is 11.5 Å². The zero-order valence-corrected chi connectivity index (χ0v) is 23.2. The number of halogens is 1. The van der Waals surface area contributed by atoms with Crippen molar-refractivity contribution in [2.45, 2.75) is 32.6 Å². The largest absolute Gasteiger partial charge is 0.457 e. The number of nitrogens with zero attached hydrogens (tertiary/aromatic N) is 1. The molecule has 0 aliphatic carbocycles. The Morgan fingerprint density at radius 2 is 1.55 bits per heavy atom. The lowest BCUT2D eigenvalue weighted by atomic mass is 9.87. The van der Waals surface area contributed by atoms with Gasteiger partial charge in [-0.2, -0.15) is 0 Å². The molecule has 1 fully saturated rings. The number of carbonyl (C=O) groups excluding carboxylic acids is 4. The average molecular weight is 564 g/mol. The lowest BCUT2D eigenvalue weighted by Gasteiger charge is -2.19. The van der Waals surface area contributed by atoms with Crippen molar-refractivity contribution in [2.24, 2.45) is 5.92 Å². The van der Waals surface area contributed by atoms with Crippen LogP contribution in [0.25, 0.3) is 0 Å². The van der Waals surface area contributed by atoms with Crippen molar-refractivity contribution >= 4 is 41.0 Å². The minimum atomic E-state index is -0.737. The van der Waals surface area contributed by atoms with Gasteiger partial charge in [-0.05, 0) is 59.5 Å². The molecular formula is C30H30ClN3O6. The molecule has 0 radical (unpaired) electrons. The van der Waals surface area contributed by atoms with Gasteiger partial charge in [-0.25, -0.2) is 0 Å². The van der Waals surface area contributed by atoms with Gasteiger partial charge in [0, 0.05) is 18.7 Å². The van der Waals surface area contributed by atoms with Crippen LogP contribution in [0.3, 0.4) is 0 Å². The Balaban J connectivity index is 1.25. The lowest BCUT2D eigenvalue weighted by molar-refractivity contribution is -0.152. The predicted octanol–water partition coefficient (Wildman–Crippen LogP) is 4.79. The summed E-state index contributed by atoms with van der Waals surface area (Å²) in [7, 11) is 0. The van der Waals surface area contributed by atoms with Crippen molar-refractivity contribution in [1.29, 1.82) is 0 Å². The molecule has 40 heavy (non-hydrogen) atoms. The highest BCUT2D eigenvalue weighted by Crippen LogP contribution is 2.30. The first kappa shape index (κ1) is 28.6. The predicted molar refractivity (Wildman–Crippen MR) is 150 cm³/mol. The maximum atomic E-state index is 12.6. The van der Waals surface area contributed by atoms with E-state index in [0.717, 1.165) is 0 Å². The highest BCUT2D eigenvalue weighted by Gasteiger charge is 2.36. The number of esters is 1. The van der Waals surface area contributed by atoms with E-state index in [9.17, 15) is 19.2 Å². The van der Waals surface area contributed by atoms with E-state index in [2.05, 4.69) is 31.6 Å². The number of amides is 3. The first-order valence-electron chi connectivity index (χ1n) is 12.7. The summed E-state index contributed by atoms with van der Waals surface area (Å²) in [6.45, 7) is 5.95. The highest BCUT2D eigenvalue weighted by molar-refractivity contribution is 6.33. The zero-order valence-electron chi connectivity index (χ0n) is 22.4. The Hall–Kier alpha value is -4.37. The summed E-state index contributed by atoms with van der Waals surface area (Å²) in [6.07, 6.45) is -0.0396. The molecule has 3 amide bonds. The number of ether oxygens (including phenoxy) is 2. The summed E-state index contributed by atoms with van der Waals surface area (Å²) in [4.78, 5) is 50.8. The molecule has 208 valence electrons. The molecule has 1 atom stereocenters. The number of anilines is 1. The van der Waals surface area contributed by atoms with Crippen LogP contribution >= 0.6 is 11.6 Å². The molecule has 1 aliphatic heterocycles. The second-order valence-corrected chi connectivity index (χ2v) is 10.8. The summed E-state index contributed by atoms with van der Waals surface area (Å²) in [5.74, 6) is -1.67. The normalized spacial score (nSPS) is 14.9. The molecule has 1 saturated heterocycles. The molecule has 1 heterocycles. The van der Waals surface area contributed by atoms with E-state index in [1.807, 2.05) is 24.3 Å². The maximum absolute atomic E-state index is 12.6. The van der Waals surface area contributed by atoms with Gasteiger partial charge in [-0.1, -0.05) is 56.6 Å². The van der Waals surface area contributed by atoms with Crippen molar-refractivity contribution in [3.63, 3.8) is 0 Å². The molecule has 2 N–H and O–H groups in total. The van der Waals surface area contributed by atoms with Gasteiger partial charge in [-0.3, -0.25) is 30.0 Å².